The molecule has 0 aromatic carbocycles. The summed E-state index contributed by atoms with van der Waals surface area (Å²) in [6.07, 6.45) is 4.30. The molecule has 1 N–H and O–H groups in total. The molecule has 1 fully saturated rings. The predicted octanol–water partition coefficient (Wildman–Crippen LogP) is 1.27. The van der Waals surface area contributed by atoms with Gasteiger partial charge in [0.25, 0.3) is 0 Å². The fourth-order valence-electron chi connectivity index (χ4n) is 2.38. The fraction of sp³-hybridized carbons (Fsp3) is 0.800. The summed E-state index contributed by atoms with van der Waals surface area (Å²) in [7, 11) is 1.96. The summed E-state index contributed by atoms with van der Waals surface area (Å²) in [5, 5.41) is 11.4. The van der Waals surface area contributed by atoms with Crippen LogP contribution in [0.25, 0.3) is 0 Å². The maximum Gasteiger partial charge on any atom is 0.0759 e. The Balaban J connectivity index is 2.25. The van der Waals surface area contributed by atoms with Crippen molar-refractivity contribution in [1.29, 1.82) is 0 Å². The van der Waals surface area contributed by atoms with Crippen LogP contribution in [0, 0.1) is 5.41 Å². The van der Waals surface area contributed by atoms with Crippen molar-refractivity contribution in [3.05, 3.63) is 11.9 Å². The zero-order valence-corrected chi connectivity index (χ0v) is 9.12. The lowest BCUT2D eigenvalue weighted by Gasteiger charge is -2.49. The molecule has 1 aliphatic rings. The first kappa shape index (κ1) is 9.65. The van der Waals surface area contributed by atoms with Crippen LogP contribution in [0.5, 0.6) is 0 Å². The summed E-state index contributed by atoms with van der Waals surface area (Å²) in [5.74, 6) is 0. The summed E-state index contributed by atoms with van der Waals surface area (Å²) in [6, 6.07) is 0.442. The molecule has 1 unspecified atom stereocenters. The monoisotopic (exact) mass is 194 g/mol. The summed E-state index contributed by atoms with van der Waals surface area (Å²) in [6.45, 7) is 5.65. The number of aryl methyl sites for hydroxylation is 1. The fourth-order valence-corrected chi connectivity index (χ4v) is 2.38. The van der Waals surface area contributed by atoms with Crippen LogP contribution >= 0.6 is 0 Å². The van der Waals surface area contributed by atoms with E-state index in [9.17, 15) is 0 Å². The van der Waals surface area contributed by atoms with Crippen LogP contribution < -0.4 is 5.32 Å². The number of hydrogen-bond acceptors (Lipinski definition) is 3. The molecule has 4 nitrogen and oxygen atoms in total. The van der Waals surface area contributed by atoms with Gasteiger partial charge < -0.3 is 5.32 Å². The zero-order valence-electron chi connectivity index (χ0n) is 9.12. The van der Waals surface area contributed by atoms with Crippen LogP contribution in [0.4, 0.5) is 0 Å². The summed E-state index contributed by atoms with van der Waals surface area (Å²) >= 11 is 0. The van der Waals surface area contributed by atoms with Crippen LogP contribution in [-0.2, 0) is 7.05 Å². The van der Waals surface area contributed by atoms with Gasteiger partial charge in [-0.2, -0.15) is 0 Å². The number of hydrogen-bond donors (Lipinski definition) is 1. The smallest absolute Gasteiger partial charge is 0.0759 e. The third-order valence-corrected chi connectivity index (χ3v) is 3.72. The van der Waals surface area contributed by atoms with Crippen molar-refractivity contribution in [2.45, 2.75) is 32.7 Å². The third kappa shape index (κ3) is 1.17. The predicted molar refractivity (Wildman–Crippen MR) is 54.8 cm³/mol. The minimum absolute atomic E-state index is 0.426. The second-order valence-corrected chi connectivity index (χ2v) is 4.17. The maximum absolute atomic E-state index is 3.98. The minimum atomic E-state index is 0.426. The SMILES string of the molecule is CCC1(CC)CNC1c1cnnn1C. The van der Waals surface area contributed by atoms with Crippen LogP contribution in [0.15, 0.2) is 6.20 Å². The number of nitrogens with zero attached hydrogens (tertiary/aromatic N) is 3. The molecule has 1 atom stereocenters. The lowest BCUT2D eigenvalue weighted by atomic mass is 9.68. The first-order chi connectivity index (χ1) is 6.73. The van der Waals surface area contributed by atoms with E-state index in [0.29, 0.717) is 11.5 Å². The second-order valence-electron chi connectivity index (χ2n) is 4.17. The number of aromatic nitrogens is 3. The molecule has 78 valence electrons. The molecule has 1 aliphatic heterocycles. The van der Waals surface area contributed by atoms with E-state index in [4.69, 9.17) is 0 Å². The number of nitrogens with one attached hydrogen (secondary N) is 1. The average Bonchev–Trinajstić information content (AvgIpc) is 2.54. The zero-order chi connectivity index (χ0) is 10.2. The van der Waals surface area contributed by atoms with Crippen LogP contribution in [0.3, 0.4) is 0 Å². The van der Waals surface area contributed by atoms with Crippen LogP contribution in [0.2, 0.25) is 0 Å². The topological polar surface area (TPSA) is 42.7 Å². The number of rotatable bonds is 3. The van der Waals surface area contributed by atoms with Crippen molar-refractivity contribution in [2.24, 2.45) is 12.5 Å². The molecule has 2 rings (SSSR count). The van der Waals surface area contributed by atoms with E-state index in [1.165, 1.54) is 18.5 Å². The third-order valence-electron chi connectivity index (χ3n) is 3.72. The van der Waals surface area contributed by atoms with Gasteiger partial charge in [-0.3, -0.25) is 4.68 Å². The van der Waals surface area contributed by atoms with Gasteiger partial charge >= 0.3 is 0 Å². The molecule has 1 saturated heterocycles. The molecule has 0 radical (unpaired) electrons. The summed E-state index contributed by atoms with van der Waals surface area (Å²) in [4.78, 5) is 0. The van der Waals surface area contributed by atoms with Gasteiger partial charge in [0.2, 0.25) is 0 Å². The van der Waals surface area contributed by atoms with E-state index >= 15 is 0 Å². The molecule has 4 heteroatoms. The van der Waals surface area contributed by atoms with Gasteiger partial charge in [0.1, 0.15) is 0 Å². The van der Waals surface area contributed by atoms with Crippen molar-refractivity contribution < 1.29 is 0 Å². The first-order valence-corrected chi connectivity index (χ1v) is 5.31. The highest BCUT2D eigenvalue weighted by molar-refractivity contribution is 5.14. The summed E-state index contributed by atoms with van der Waals surface area (Å²) in [5.41, 5.74) is 1.63. The van der Waals surface area contributed by atoms with Gasteiger partial charge in [-0.25, -0.2) is 0 Å². The minimum Gasteiger partial charge on any atom is -0.307 e. The van der Waals surface area contributed by atoms with Crippen molar-refractivity contribution >= 4 is 0 Å². The Morgan fingerprint density at radius 2 is 2.29 bits per heavy atom. The highest BCUT2D eigenvalue weighted by Crippen LogP contribution is 2.45. The van der Waals surface area contributed by atoms with Gasteiger partial charge in [0.05, 0.1) is 17.9 Å². The molecule has 1 aromatic heterocycles. The Morgan fingerprint density at radius 1 is 1.57 bits per heavy atom. The van der Waals surface area contributed by atoms with E-state index in [1.807, 2.05) is 17.9 Å². The molecule has 0 aliphatic carbocycles. The Labute approximate surface area is 84.7 Å². The van der Waals surface area contributed by atoms with Gasteiger partial charge in [-0.15, -0.1) is 5.10 Å². The average molecular weight is 194 g/mol. The van der Waals surface area contributed by atoms with Crippen molar-refractivity contribution in [1.82, 2.24) is 20.3 Å². The van der Waals surface area contributed by atoms with E-state index in [1.54, 1.807) is 0 Å². The van der Waals surface area contributed by atoms with Crippen LogP contribution in [0.1, 0.15) is 38.4 Å². The molecule has 0 amide bonds. The second kappa shape index (κ2) is 3.35. The van der Waals surface area contributed by atoms with E-state index in [0.717, 1.165) is 6.54 Å². The largest absolute Gasteiger partial charge is 0.307 e. The van der Waals surface area contributed by atoms with E-state index < -0.39 is 0 Å². The highest BCUT2D eigenvalue weighted by atomic mass is 15.4. The summed E-state index contributed by atoms with van der Waals surface area (Å²) < 4.78 is 1.87. The Morgan fingerprint density at radius 3 is 2.64 bits per heavy atom. The van der Waals surface area contributed by atoms with Gasteiger partial charge in [0.15, 0.2) is 0 Å². The van der Waals surface area contributed by atoms with Gasteiger partial charge in [0, 0.05) is 19.0 Å². The molecular weight excluding hydrogens is 176 g/mol. The highest BCUT2D eigenvalue weighted by Gasteiger charge is 2.45. The molecule has 0 saturated carbocycles. The molecule has 0 spiro atoms. The molecule has 1 aromatic rings. The van der Waals surface area contributed by atoms with Crippen molar-refractivity contribution in [3.63, 3.8) is 0 Å². The lowest BCUT2D eigenvalue weighted by molar-refractivity contribution is 0.0652. The molecule has 0 bridgehead atoms. The Hall–Kier alpha value is -0.900. The Kier molecular flexibility index (Phi) is 2.31. The van der Waals surface area contributed by atoms with E-state index in [-0.39, 0.29) is 0 Å². The van der Waals surface area contributed by atoms with Crippen molar-refractivity contribution in [3.8, 4) is 0 Å². The first-order valence-electron chi connectivity index (χ1n) is 5.31. The Bertz CT molecular complexity index is 308. The normalized spacial score (nSPS) is 24.6. The van der Waals surface area contributed by atoms with E-state index in [2.05, 4.69) is 29.5 Å². The molecule has 2 heterocycles. The van der Waals surface area contributed by atoms with Crippen molar-refractivity contribution in [2.75, 3.05) is 6.54 Å². The quantitative estimate of drug-likeness (QED) is 0.788. The van der Waals surface area contributed by atoms with Gasteiger partial charge in [-0.1, -0.05) is 19.1 Å². The maximum atomic E-state index is 3.98. The molecule has 14 heavy (non-hydrogen) atoms. The van der Waals surface area contributed by atoms with Gasteiger partial charge in [-0.05, 0) is 12.8 Å². The molecular formula is C10H18N4. The lowest BCUT2D eigenvalue weighted by Crippen LogP contribution is -2.55. The standard InChI is InChI=1S/C10H18N4/c1-4-10(5-2)7-11-9(10)8-6-12-13-14(8)3/h6,9,11H,4-5,7H2,1-3H3. The van der Waals surface area contributed by atoms with Crippen LogP contribution in [-0.4, -0.2) is 21.5 Å².